The highest BCUT2D eigenvalue weighted by atomic mass is 19.1. The molecule has 0 saturated heterocycles. The van der Waals surface area contributed by atoms with Crippen molar-refractivity contribution in [2.24, 2.45) is 5.73 Å². The van der Waals surface area contributed by atoms with E-state index >= 15 is 0 Å². The lowest BCUT2D eigenvalue weighted by atomic mass is 10.3. The molecule has 124 valence electrons. The van der Waals surface area contributed by atoms with Gasteiger partial charge in [-0.3, -0.25) is 4.79 Å². The molecule has 4 rings (SSSR count). The molecule has 0 bridgehead atoms. The molecule has 0 saturated carbocycles. The highest BCUT2D eigenvalue weighted by molar-refractivity contribution is 6.02. The van der Waals surface area contributed by atoms with Gasteiger partial charge in [0.2, 0.25) is 0 Å². The summed E-state index contributed by atoms with van der Waals surface area (Å²) in [6.45, 7) is 0. The molecule has 0 spiro atoms. The fourth-order valence-electron chi connectivity index (χ4n) is 2.51. The molecule has 0 unspecified atom stereocenters. The summed E-state index contributed by atoms with van der Waals surface area (Å²) in [6.07, 6.45) is 1.43. The quantitative estimate of drug-likeness (QED) is 0.587. The van der Waals surface area contributed by atoms with E-state index in [-0.39, 0.29) is 22.7 Å². The largest absolute Gasteiger partial charge is 0.461 e. The number of carbonyl (C=O) groups excluding carboxylic acids is 1. The summed E-state index contributed by atoms with van der Waals surface area (Å²) in [4.78, 5) is 35.0. The number of carbonyl (C=O) groups is 1. The van der Waals surface area contributed by atoms with Crippen molar-refractivity contribution < 1.29 is 13.6 Å². The van der Waals surface area contributed by atoms with Gasteiger partial charge in [-0.2, -0.15) is 0 Å². The molecule has 1 amide bonds. The molecule has 0 aliphatic carbocycles. The number of furan rings is 1. The van der Waals surface area contributed by atoms with Crippen LogP contribution >= 0.6 is 0 Å². The molecule has 4 aromatic rings. The van der Waals surface area contributed by atoms with Crippen LogP contribution in [0.2, 0.25) is 0 Å². The number of benzene rings is 1. The van der Waals surface area contributed by atoms with Crippen molar-refractivity contribution in [3.8, 4) is 17.3 Å². The molecule has 0 aliphatic rings. The average molecular weight is 339 g/mol. The summed E-state index contributed by atoms with van der Waals surface area (Å²) >= 11 is 0. The van der Waals surface area contributed by atoms with Crippen LogP contribution in [0.1, 0.15) is 10.5 Å². The predicted octanol–water partition coefficient (Wildman–Crippen LogP) is 1.61. The smallest absolute Gasteiger partial charge is 0.332 e. The van der Waals surface area contributed by atoms with Gasteiger partial charge in [0.05, 0.1) is 12.0 Å². The first-order valence-electron chi connectivity index (χ1n) is 7.17. The molecule has 9 heteroatoms. The van der Waals surface area contributed by atoms with Crippen molar-refractivity contribution in [2.45, 2.75) is 0 Å². The van der Waals surface area contributed by atoms with Crippen LogP contribution in [0.5, 0.6) is 0 Å². The number of aromatic nitrogens is 4. The topological polar surface area (TPSA) is 120 Å². The van der Waals surface area contributed by atoms with Gasteiger partial charge in [0.25, 0.3) is 5.91 Å². The van der Waals surface area contributed by atoms with E-state index in [2.05, 4.69) is 15.0 Å². The number of halogens is 1. The van der Waals surface area contributed by atoms with Gasteiger partial charge in [0.15, 0.2) is 22.9 Å². The summed E-state index contributed by atoms with van der Waals surface area (Å²) in [5.41, 5.74) is 5.27. The molecule has 3 N–H and O–H groups in total. The maximum atomic E-state index is 13.2. The van der Waals surface area contributed by atoms with Gasteiger partial charge in [-0.15, -0.1) is 0 Å². The summed E-state index contributed by atoms with van der Waals surface area (Å²) < 4.78 is 19.6. The van der Waals surface area contributed by atoms with Gasteiger partial charge in [-0.1, -0.05) is 0 Å². The summed E-state index contributed by atoms with van der Waals surface area (Å²) in [6, 6.07) is 8.51. The van der Waals surface area contributed by atoms with E-state index in [1.807, 2.05) is 0 Å². The van der Waals surface area contributed by atoms with Crippen LogP contribution in [0, 0.1) is 5.82 Å². The normalized spacial score (nSPS) is 11.1. The van der Waals surface area contributed by atoms with E-state index in [0.717, 1.165) is 0 Å². The molecular formula is C16H10FN5O3. The minimum Gasteiger partial charge on any atom is -0.461 e. The molecular weight excluding hydrogens is 329 g/mol. The van der Waals surface area contributed by atoms with Crippen molar-refractivity contribution in [3.63, 3.8) is 0 Å². The van der Waals surface area contributed by atoms with E-state index in [1.54, 1.807) is 12.1 Å². The van der Waals surface area contributed by atoms with E-state index in [4.69, 9.17) is 10.2 Å². The second-order valence-electron chi connectivity index (χ2n) is 5.18. The Labute approximate surface area is 138 Å². The Bertz CT molecular complexity index is 1140. The lowest BCUT2D eigenvalue weighted by molar-refractivity contribution is 0.0997. The lowest BCUT2D eigenvalue weighted by Gasteiger charge is -2.05. The Morgan fingerprint density at radius 3 is 2.60 bits per heavy atom. The van der Waals surface area contributed by atoms with E-state index in [0.29, 0.717) is 11.4 Å². The Hall–Kier alpha value is -3.75. The first kappa shape index (κ1) is 14.8. The number of nitrogens with one attached hydrogen (secondary N) is 1. The lowest BCUT2D eigenvalue weighted by Crippen LogP contribution is -2.15. The number of nitrogens with two attached hydrogens (primary N) is 1. The molecule has 0 fully saturated rings. The number of hydrogen-bond acceptors (Lipinski definition) is 5. The highest BCUT2D eigenvalue weighted by Crippen LogP contribution is 2.22. The van der Waals surface area contributed by atoms with Gasteiger partial charge >= 0.3 is 5.69 Å². The van der Waals surface area contributed by atoms with Crippen molar-refractivity contribution in [1.82, 2.24) is 19.5 Å². The van der Waals surface area contributed by atoms with Crippen molar-refractivity contribution in [2.75, 3.05) is 0 Å². The van der Waals surface area contributed by atoms with Gasteiger partial charge in [0.1, 0.15) is 11.3 Å². The summed E-state index contributed by atoms with van der Waals surface area (Å²) in [7, 11) is 0. The third-order valence-corrected chi connectivity index (χ3v) is 3.60. The number of aromatic amines is 1. The van der Waals surface area contributed by atoms with Crippen molar-refractivity contribution in [3.05, 3.63) is 64.7 Å². The number of fused-ring (bicyclic) bond motifs is 1. The van der Waals surface area contributed by atoms with E-state index in [1.165, 1.54) is 35.1 Å². The maximum absolute atomic E-state index is 13.2. The fourth-order valence-corrected chi connectivity index (χ4v) is 2.51. The number of H-pyrrole nitrogens is 1. The minimum absolute atomic E-state index is 0.0946. The highest BCUT2D eigenvalue weighted by Gasteiger charge is 2.20. The zero-order valence-corrected chi connectivity index (χ0v) is 12.6. The summed E-state index contributed by atoms with van der Waals surface area (Å²) in [5, 5.41) is 0. The zero-order valence-electron chi connectivity index (χ0n) is 12.6. The van der Waals surface area contributed by atoms with Crippen molar-refractivity contribution >= 4 is 17.1 Å². The molecule has 0 aliphatic heterocycles. The summed E-state index contributed by atoms with van der Waals surface area (Å²) in [5.74, 6) is -0.863. The predicted molar refractivity (Wildman–Crippen MR) is 85.7 cm³/mol. The molecule has 3 aromatic heterocycles. The first-order chi connectivity index (χ1) is 12.0. The van der Waals surface area contributed by atoms with Crippen LogP contribution in [0.4, 0.5) is 4.39 Å². The van der Waals surface area contributed by atoms with E-state index < -0.39 is 17.4 Å². The third kappa shape index (κ3) is 2.38. The zero-order chi connectivity index (χ0) is 17.6. The van der Waals surface area contributed by atoms with Crippen molar-refractivity contribution in [1.29, 1.82) is 0 Å². The Balaban J connectivity index is 2.07. The Morgan fingerprint density at radius 1 is 1.20 bits per heavy atom. The van der Waals surface area contributed by atoms with Crippen LogP contribution < -0.4 is 11.4 Å². The molecule has 1 aromatic carbocycles. The first-order valence-corrected chi connectivity index (χ1v) is 7.17. The van der Waals surface area contributed by atoms with Crippen LogP contribution in [-0.4, -0.2) is 25.4 Å². The molecule has 0 atom stereocenters. The Morgan fingerprint density at radius 2 is 1.96 bits per heavy atom. The number of rotatable bonds is 3. The second-order valence-corrected chi connectivity index (χ2v) is 5.18. The number of imidazole rings is 1. The van der Waals surface area contributed by atoms with Gasteiger partial charge in [-0.05, 0) is 36.4 Å². The number of hydrogen-bond donors (Lipinski definition) is 2. The van der Waals surface area contributed by atoms with Crippen LogP contribution in [0.25, 0.3) is 28.4 Å². The minimum atomic E-state index is -0.826. The van der Waals surface area contributed by atoms with Crippen LogP contribution in [0.15, 0.2) is 51.9 Å². The standard InChI is InChI=1S/C16H10FN5O3/c17-8-3-5-9(6-4-8)22-15-12(20-16(22)24)11(13(18)23)19-14(21-15)10-2-1-7-25-10/h1-7H,(H2,18,23)(H,20,24). The number of amides is 1. The maximum Gasteiger partial charge on any atom is 0.332 e. The fraction of sp³-hybridized carbons (Fsp3) is 0. The average Bonchev–Trinajstić information content (AvgIpc) is 3.22. The molecule has 0 radical (unpaired) electrons. The van der Waals surface area contributed by atoms with Crippen LogP contribution in [-0.2, 0) is 0 Å². The SMILES string of the molecule is NC(=O)c1nc(-c2ccco2)nc2c1[nH]c(=O)n2-c1ccc(F)cc1. The Kier molecular flexibility index (Phi) is 3.21. The van der Waals surface area contributed by atoms with Gasteiger partial charge < -0.3 is 15.1 Å². The monoisotopic (exact) mass is 339 g/mol. The number of nitrogens with zero attached hydrogens (tertiary/aromatic N) is 3. The van der Waals surface area contributed by atoms with Crippen LogP contribution in [0.3, 0.4) is 0 Å². The molecule has 25 heavy (non-hydrogen) atoms. The number of primary amides is 1. The molecule has 8 nitrogen and oxygen atoms in total. The second kappa shape index (κ2) is 5.41. The molecule has 3 heterocycles. The van der Waals surface area contributed by atoms with Gasteiger partial charge in [-0.25, -0.2) is 23.7 Å². The third-order valence-electron chi connectivity index (χ3n) is 3.60. The van der Waals surface area contributed by atoms with E-state index in [9.17, 15) is 14.0 Å². The van der Waals surface area contributed by atoms with Gasteiger partial charge in [0, 0.05) is 0 Å².